The summed E-state index contributed by atoms with van der Waals surface area (Å²) in [5.41, 5.74) is 1.24. The van der Waals surface area contributed by atoms with E-state index in [4.69, 9.17) is 9.47 Å². The van der Waals surface area contributed by atoms with Crippen molar-refractivity contribution in [2.45, 2.75) is 44.8 Å². The van der Waals surface area contributed by atoms with Crippen LogP contribution in [-0.2, 0) is 32.3 Å². The average molecular weight is 571 g/mol. The van der Waals surface area contributed by atoms with Crippen LogP contribution in [0.3, 0.4) is 0 Å². The number of β-lactam (4-membered cyclic amide) rings is 1. The summed E-state index contributed by atoms with van der Waals surface area (Å²) in [6.07, 6.45) is 0.887. The van der Waals surface area contributed by atoms with Crippen LogP contribution in [0.1, 0.15) is 37.3 Å². The number of hydrogen-bond acceptors (Lipinski definition) is 10. The van der Waals surface area contributed by atoms with Crippen molar-refractivity contribution in [2.24, 2.45) is 5.92 Å². The number of rotatable bonds is 12. The van der Waals surface area contributed by atoms with Gasteiger partial charge in [0.1, 0.15) is 18.9 Å². The van der Waals surface area contributed by atoms with Gasteiger partial charge in [0, 0.05) is 35.7 Å². The van der Waals surface area contributed by atoms with Crippen LogP contribution in [0, 0.1) is 26.1 Å². The second-order valence-electron chi connectivity index (χ2n) is 9.03. The highest BCUT2D eigenvalue weighted by atomic mass is 32.2. The molecule has 1 N–H and O–H groups in total. The maximum atomic E-state index is 13.0. The number of nitro benzene ring substituents is 2. The summed E-state index contributed by atoms with van der Waals surface area (Å²) in [6.45, 7) is 2.01. The summed E-state index contributed by atoms with van der Waals surface area (Å²) in [4.78, 5) is 60.5. The summed E-state index contributed by atoms with van der Waals surface area (Å²) in [7, 11) is 0. The molecule has 14 heteroatoms. The van der Waals surface area contributed by atoms with Crippen molar-refractivity contribution in [2.75, 3.05) is 6.54 Å². The number of nitrogens with zero attached hydrogens (tertiary/aromatic N) is 3. The fourth-order valence-electron chi connectivity index (χ4n) is 4.28. The molecule has 0 aliphatic carbocycles. The lowest BCUT2D eigenvalue weighted by Crippen LogP contribution is -2.57. The standard InChI is InChI=1S/C26H26N4O9S/c1-2-20-23(31)28-22(25(32)38-14-16-5-9-18(10-6-16)29(34)35)21(40-24(20)28)4-3-13-27-26(33)39-15-17-7-11-19(12-8-17)30(36)37/h5-12,20,24H,2-4,13-15H2,1H3,(H,27,33)/t20?,24-/m1/s1. The first kappa shape index (κ1) is 28.5. The third kappa shape index (κ3) is 6.39. The number of non-ortho nitro benzene ring substituents is 2. The van der Waals surface area contributed by atoms with Crippen molar-refractivity contribution in [3.63, 3.8) is 0 Å². The Balaban J connectivity index is 1.30. The largest absolute Gasteiger partial charge is 0.456 e. The van der Waals surface area contributed by atoms with Crippen LogP contribution in [-0.4, -0.2) is 44.6 Å². The lowest BCUT2D eigenvalue weighted by atomic mass is 9.94. The van der Waals surface area contributed by atoms with Crippen molar-refractivity contribution >= 4 is 41.1 Å². The van der Waals surface area contributed by atoms with Gasteiger partial charge in [-0.25, -0.2) is 9.59 Å². The van der Waals surface area contributed by atoms with Gasteiger partial charge in [0.15, 0.2) is 0 Å². The quantitative estimate of drug-likeness (QED) is 0.127. The number of fused-ring (bicyclic) bond motifs is 1. The van der Waals surface area contributed by atoms with Crippen molar-refractivity contribution < 1.29 is 33.7 Å². The van der Waals surface area contributed by atoms with Gasteiger partial charge in [-0.15, -0.1) is 11.8 Å². The SMILES string of the molecule is CCC1C(=O)N2C(C(=O)OCc3ccc([N+](=O)[O-])cc3)=C(CCCNC(=O)OCc3ccc([N+](=O)[O-])cc3)S[C@H]12. The van der Waals surface area contributed by atoms with Gasteiger partial charge < -0.3 is 14.8 Å². The average Bonchev–Trinajstić information content (AvgIpc) is 3.28. The van der Waals surface area contributed by atoms with E-state index >= 15 is 0 Å². The van der Waals surface area contributed by atoms with Gasteiger partial charge in [-0.3, -0.25) is 29.9 Å². The Kier molecular flexibility index (Phi) is 8.99. The number of nitro groups is 2. The number of amides is 2. The smallest absolute Gasteiger partial charge is 0.407 e. The lowest BCUT2D eigenvalue weighted by Gasteiger charge is -2.42. The van der Waals surface area contributed by atoms with E-state index < -0.39 is 21.9 Å². The fraction of sp³-hybridized carbons (Fsp3) is 0.346. The van der Waals surface area contributed by atoms with Crippen LogP contribution in [0.2, 0.25) is 0 Å². The molecule has 1 saturated heterocycles. The molecule has 0 spiro atoms. The lowest BCUT2D eigenvalue weighted by molar-refractivity contribution is -0.385. The molecule has 2 amide bonds. The molecule has 1 fully saturated rings. The third-order valence-corrected chi connectivity index (χ3v) is 7.90. The highest BCUT2D eigenvalue weighted by Crippen LogP contribution is 2.51. The number of alkyl carbamates (subject to hydrolysis) is 1. The second-order valence-corrected chi connectivity index (χ2v) is 10.2. The van der Waals surface area contributed by atoms with E-state index in [1.165, 1.54) is 65.2 Å². The van der Waals surface area contributed by atoms with Crippen molar-refractivity contribution in [3.8, 4) is 0 Å². The number of allylic oxidation sites excluding steroid dienone is 1. The summed E-state index contributed by atoms with van der Waals surface area (Å²) in [5, 5.41) is 24.0. The molecule has 4 rings (SSSR count). The number of ether oxygens (including phenoxy) is 2. The van der Waals surface area contributed by atoms with E-state index in [0.717, 1.165) is 0 Å². The van der Waals surface area contributed by atoms with Gasteiger partial charge in [-0.2, -0.15) is 0 Å². The van der Waals surface area contributed by atoms with Gasteiger partial charge in [0.05, 0.1) is 21.1 Å². The summed E-state index contributed by atoms with van der Waals surface area (Å²) in [5.74, 6) is -0.973. The van der Waals surface area contributed by atoms with E-state index in [9.17, 15) is 34.6 Å². The van der Waals surface area contributed by atoms with Crippen LogP contribution < -0.4 is 5.32 Å². The van der Waals surface area contributed by atoms with Gasteiger partial charge in [-0.1, -0.05) is 6.92 Å². The van der Waals surface area contributed by atoms with Gasteiger partial charge in [0.25, 0.3) is 11.4 Å². The predicted molar refractivity (Wildman–Crippen MR) is 142 cm³/mol. The molecule has 2 aliphatic rings. The highest BCUT2D eigenvalue weighted by molar-refractivity contribution is 8.04. The summed E-state index contributed by atoms with van der Waals surface area (Å²) >= 11 is 1.45. The molecule has 2 atom stereocenters. The van der Waals surface area contributed by atoms with Gasteiger partial charge in [0.2, 0.25) is 5.91 Å². The van der Waals surface area contributed by atoms with Crippen LogP contribution in [0.25, 0.3) is 0 Å². The first-order valence-electron chi connectivity index (χ1n) is 12.5. The molecular weight excluding hydrogens is 544 g/mol. The molecule has 0 saturated carbocycles. The molecule has 2 aliphatic heterocycles. The van der Waals surface area contributed by atoms with Crippen LogP contribution in [0.4, 0.5) is 16.2 Å². The zero-order chi connectivity index (χ0) is 28.8. The molecule has 0 bridgehead atoms. The van der Waals surface area contributed by atoms with E-state index in [-0.39, 0.29) is 54.0 Å². The van der Waals surface area contributed by atoms with Crippen molar-refractivity contribution in [1.29, 1.82) is 0 Å². The molecule has 1 unspecified atom stereocenters. The summed E-state index contributed by atoms with van der Waals surface area (Å²) in [6, 6.07) is 11.3. The number of carbonyl (C=O) groups excluding carboxylic acids is 3. The van der Waals surface area contributed by atoms with Crippen LogP contribution >= 0.6 is 11.8 Å². The van der Waals surface area contributed by atoms with E-state index in [0.29, 0.717) is 35.3 Å². The Bertz CT molecular complexity index is 1340. The molecule has 2 aromatic carbocycles. The maximum Gasteiger partial charge on any atom is 0.407 e. The Morgan fingerprint density at radius 2 is 1.50 bits per heavy atom. The molecule has 40 heavy (non-hydrogen) atoms. The minimum absolute atomic E-state index is 0.0489. The fourth-order valence-corrected chi connectivity index (χ4v) is 5.92. The Morgan fingerprint density at radius 3 is 2.02 bits per heavy atom. The molecule has 13 nitrogen and oxygen atoms in total. The Morgan fingerprint density at radius 1 is 0.950 bits per heavy atom. The Labute approximate surface area is 232 Å². The van der Waals surface area contributed by atoms with Crippen LogP contribution in [0.15, 0.2) is 59.1 Å². The number of benzene rings is 2. The molecule has 2 heterocycles. The third-order valence-electron chi connectivity index (χ3n) is 6.44. The highest BCUT2D eigenvalue weighted by Gasteiger charge is 2.55. The zero-order valence-corrected chi connectivity index (χ0v) is 22.3. The molecule has 0 radical (unpaired) electrons. The normalized spacial score (nSPS) is 17.6. The zero-order valence-electron chi connectivity index (χ0n) is 21.4. The number of carbonyl (C=O) groups is 3. The van der Waals surface area contributed by atoms with E-state index in [1.807, 2.05) is 6.92 Å². The first-order valence-corrected chi connectivity index (χ1v) is 13.3. The second kappa shape index (κ2) is 12.6. The van der Waals surface area contributed by atoms with E-state index in [2.05, 4.69) is 5.32 Å². The predicted octanol–water partition coefficient (Wildman–Crippen LogP) is 4.41. The molecule has 2 aromatic rings. The molecule has 210 valence electrons. The van der Waals surface area contributed by atoms with Crippen molar-refractivity contribution in [1.82, 2.24) is 10.2 Å². The van der Waals surface area contributed by atoms with Gasteiger partial charge in [-0.05, 0) is 54.7 Å². The monoisotopic (exact) mass is 570 g/mol. The number of esters is 1. The summed E-state index contributed by atoms with van der Waals surface area (Å²) < 4.78 is 10.6. The maximum absolute atomic E-state index is 13.0. The number of hydrogen-bond donors (Lipinski definition) is 1. The first-order chi connectivity index (χ1) is 19.2. The minimum Gasteiger partial charge on any atom is -0.456 e. The van der Waals surface area contributed by atoms with Gasteiger partial charge >= 0.3 is 12.1 Å². The molecule has 0 aromatic heterocycles. The topological polar surface area (TPSA) is 171 Å². The van der Waals surface area contributed by atoms with E-state index in [1.54, 1.807) is 0 Å². The number of thioether (sulfide) groups is 1. The minimum atomic E-state index is -0.654. The van der Waals surface area contributed by atoms with Crippen LogP contribution in [0.5, 0.6) is 0 Å². The number of nitrogens with one attached hydrogen (secondary N) is 1. The molecular formula is C26H26N4O9S. The Hall–Kier alpha value is -4.46. The van der Waals surface area contributed by atoms with Crippen molar-refractivity contribution in [3.05, 3.63) is 90.5 Å².